The molecule has 0 saturated carbocycles. The summed E-state index contributed by atoms with van der Waals surface area (Å²) in [5, 5.41) is 10.7. The lowest BCUT2D eigenvalue weighted by atomic mass is 10.2. The molecule has 0 saturated heterocycles. The zero-order chi connectivity index (χ0) is 19.3. The molecule has 0 aliphatic carbocycles. The van der Waals surface area contributed by atoms with Crippen LogP contribution >= 0.6 is 11.6 Å². The maximum Gasteiger partial charge on any atom is 0.288 e. The quantitative estimate of drug-likeness (QED) is 0.611. The molecule has 0 heterocycles. The van der Waals surface area contributed by atoms with Gasteiger partial charge in [-0.25, -0.2) is 4.39 Å². The molecular weight excluding hydrogens is 369 g/mol. The standard InChI is InChI=1S/C16H13ClFN3O5/c1-9(26-14-5-3-2-4-12(14)18)15(22)19-20-16(23)10-6-7-11(17)13(8-10)21(24)25/h2-9H,1H3,(H,19,22)(H,20,23). The van der Waals surface area contributed by atoms with Gasteiger partial charge in [-0.05, 0) is 31.2 Å². The Bertz CT molecular complexity index is 862. The summed E-state index contributed by atoms with van der Waals surface area (Å²) in [6.07, 6.45) is -1.10. The van der Waals surface area contributed by atoms with Crippen molar-refractivity contribution in [2.75, 3.05) is 0 Å². The lowest BCUT2D eigenvalue weighted by molar-refractivity contribution is -0.384. The van der Waals surface area contributed by atoms with E-state index >= 15 is 0 Å². The summed E-state index contributed by atoms with van der Waals surface area (Å²) in [5.74, 6) is -2.29. The molecule has 2 aromatic carbocycles. The molecule has 0 aromatic heterocycles. The third-order valence-corrected chi connectivity index (χ3v) is 3.53. The molecule has 26 heavy (non-hydrogen) atoms. The molecule has 2 rings (SSSR count). The molecule has 1 unspecified atom stereocenters. The molecule has 0 aliphatic heterocycles. The minimum absolute atomic E-state index is 0.0796. The van der Waals surface area contributed by atoms with Gasteiger partial charge in [0.25, 0.3) is 17.5 Å². The van der Waals surface area contributed by atoms with Gasteiger partial charge in [0.15, 0.2) is 17.7 Å². The topological polar surface area (TPSA) is 111 Å². The van der Waals surface area contributed by atoms with Gasteiger partial charge in [-0.3, -0.25) is 30.6 Å². The highest BCUT2D eigenvalue weighted by Gasteiger charge is 2.19. The van der Waals surface area contributed by atoms with E-state index in [0.717, 1.165) is 6.07 Å². The van der Waals surface area contributed by atoms with Crippen LogP contribution < -0.4 is 15.6 Å². The first-order valence-corrected chi connectivity index (χ1v) is 7.62. The van der Waals surface area contributed by atoms with Gasteiger partial charge >= 0.3 is 0 Å². The average molecular weight is 382 g/mol. The summed E-state index contributed by atoms with van der Waals surface area (Å²) in [7, 11) is 0. The fraction of sp³-hybridized carbons (Fsp3) is 0.125. The number of amides is 2. The molecule has 2 amide bonds. The van der Waals surface area contributed by atoms with E-state index in [-0.39, 0.29) is 16.3 Å². The van der Waals surface area contributed by atoms with Crippen LogP contribution in [0.2, 0.25) is 5.02 Å². The van der Waals surface area contributed by atoms with Crippen molar-refractivity contribution in [3.8, 4) is 5.75 Å². The number of ether oxygens (including phenoxy) is 1. The number of carbonyl (C=O) groups excluding carboxylic acids is 2. The van der Waals surface area contributed by atoms with Crippen molar-refractivity contribution < 1.29 is 23.6 Å². The Morgan fingerprint density at radius 1 is 1.23 bits per heavy atom. The van der Waals surface area contributed by atoms with Crippen molar-refractivity contribution in [3.05, 3.63) is 69.0 Å². The van der Waals surface area contributed by atoms with E-state index in [1.807, 2.05) is 0 Å². The van der Waals surface area contributed by atoms with Crippen LogP contribution in [0.5, 0.6) is 5.75 Å². The van der Waals surface area contributed by atoms with Gasteiger partial charge < -0.3 is 4.74 Å². The van der Waals surface area contributed by atoms with Gasteiger partial charge in [0.1, 0.15) is 5.02 Å². The predicted molar refractivity (Wildman–Crippen MR) is 90.2 cm³/mol. The lowest BCUT2D eigenvalue weighted by Gasteiger charge is -2.15. The maximum atomic E-state index is 13.5. The second-order valence-electron chi connectivity index (χ2n) is 5.06. The van der Waals surface area contributed by atoms with Crippen LogP contribution in [0.15, 0.2) is 42.5 Å². The van der Waals surface area contributed by atoms with Gasteiger partial charge in [-0.15, -0.1) is 0 Å². The highest BCUT2D eigenvalue weighted by atomic mass is 35.5. The highest BCUT2D eigenvalue weighted by molar-refractivity contribution is 6.32. The van der Waals surface area contributed by atoms with Crippen LogP contribution in [0.3, 0.4) is 0 Å². The van der Waals surface area contributed by atoms with Crippen LogP contribution in [-0.2, 0) is 4.79 Å². The van der Waals surface area contributed by atoms with Gasteiger partial charge in [0, 0.05) is 11.6 Å². The minimum Gasteiger partial charge on any atom is -0.478 e. The number of hydrogen-bond donors (Lipinski definition) is 2. The summed E-state index contributed by atoms with van der Waals surface area (Å²) >= 11 is 5.66. The first-order valence-electron chi connectivity index (χ1n) is 7.25. The monoisotopic (exact) mass is 381 g/mol. The van der Waals surface area contributed by atoms with Crippen molar-refractivity contribution in [3.63, 3.8) is 0 Å². The van der Waals surface area contributed by atoms with Crippen molar-refractivity contribution in [1.82, 2.24) is 10.9 Å². The molecule has 10 heteroatoms. The summed E-state index contributed by atoms with van der Waals surface area (Å²) in [4.78, 5) is 34.0. The Balaban J connectivity index is 1.96. The Labute approximate surface area is 152 Å². The number of nitrogens with zero attached hydrogens (tertiary/aromatic N) is 1. The van der Waals surface area contributed by atoms with Crippen LogP contribution in [-0.4, -0.2) is 22.8 Å². The number of hydrazine groups is 1. The third kappa shape index (κ3) is 4.67. The third-order valence-electron chi connectivity index (χ3n) is 3.21. The van der Waals surface area contributed by atoms with Crippen molar-refractivity contribution in [1.29, 1.82) is 0 Å². The Morgan fingerprint density at radius 3 is 2.58 bits per heavy atom. The highest BCUT2D eigenvalue weighted by Crippen LogP contribution is 2.24. The maximum absolute atomic E-state index is 13.5. The van der Waals surface area contributed by atoms with Crippen LogP contribution in [0.4, 0.5) is 10.1 Å². The second-order valence-corrected chi connectivity index (χ2v) is 5.46. The molecular formula is C16H13ClFN3O5. The summed E-state index contributed by atoms with van der Waals surface area (Å²) in [6.45, 7) is 1.36. The van der Waals surface area contributed by atoms with E-state index in [2.05, 4.69) is 10.9 Å². The number of hydrogen-bond acceptors (Lipinski definition) is 5. The predicted octanol–water partition coefficient (Wildman–Crippen LogP) is 2.62. The minimum atomic E-state index is -1.10. The van der Waals surface area contributed by atoms with E-state index in [1.54, 1.807) is 0 Å². The molecule has 0 fully saturated rings. The van der Waals surface area contributed by atoms with E-state index in [4.69, 9.17) is 16.3 Å². The van der Waals surface area contributed by atoms with Gasteiger partial charge in [-0.2, -0.15) is 0 Å². The van der Waals surface area contributed by atoms with E-state index < -0.39 is 34.3 Å². The molecule has 2 N–H and O–H groups in total. The van der Waals surface area contributed by atoms with Crippen LogP contribution in [0.25, 0.3) is 0 Å². The molecule has 2 aromatic rings. The fourth-order valence-corrected chi connectivity index (χ4v) is 2.06. The summed E-state index contributed by atoms with van der Waals surface area (Å²) in [5.41, 5.74) is 3.66. The molecule has 0 spiro atoms. The number of carbonyl (C=O) groups is 2. The van der Waals surface area contributed by atoms with Crippen molar-refractivity contribution in [2.45, 2.75) is 13.0 Å². The molecule has 1 atom stereocenters. The fourth-order valence-electron chi connectivity index (χ4n) is 1.87. The Kier molecular flexibility index (Phi) is 6.07. The largest absolute Gasteiger partial charge is 0.478 e. The SMILES string of the molecule is CC(Oc1ccccc1F)C(=O)NNC(=O)c1ccc(Cl)c([N+](=O)[O-])c1. The number of nitro groups is 1. The molecule has 8 nitrogen and oxygen atoms in total. The average Bonchev–Trinajstić information content (AvgIpc) is 2.61. The first-order chi connectivity index (χ1) is 12.3. The smallest absolute Gasteiger partial charge is 0.288 e. The molecule has 0 bridgehead atoms. The Hall–Kier alpha value is -3.20. The van der Waals surface area contributed by atoms with E-state index in [0.29, 0.717) is 0 Å². The number of benzene rings is 2. The molecule has 136 valence electrons. The van der Waals surface area contributed by atoms with Crippen LogP contribution in [0, 0.1) is 15.9 Å². The summed E-state index contributed by atoms with van der Waals surface area (Å²) in [6, 6.07) is 8.97. The zero-order valence-electron chi connectivity index (χ0n) is 13.4. The van der Waals surface area contributed by atoms with Gasteiger partial charge in [0.05, 0.1) is 4.92 Å². The Morgan fingerprint density at radius 2 is 1.92 bits per heavy atom. The second kappa shape index (κ2) is 8.26. The number of nitro benzene ring substituents is 1. The van der Waals surface area contributed by atoms with Gasteiger partial charge in [0.2, 0.25) is 0 Å². The van der Waals surface area contributed by atoms with E-state index in [9.17, 15) is 24.1 Å². The zero-order valence-corrected chi connectivity index (χ0v) is 14.1. The van der Waals surface area contributed by atoms with Crippen molar-refractivity contribution >= 4 is 29.1 Å². The van der Waals surface area contributed by atoms with Gasteiger partial charge in [-0.1, -0.05) is 23.7 Å². The lowest BCUT2D eigenvalue weighted by Crippen LogP contribution is -2.47. The normalized spacial score (nSPS) is 11.3. The number of halogens is 2. The summed E-state index contributed by atoms with van der Waals surface area (Å²) < 4.78 is 18.7. The number of nitrogens with one attached hydrogen (secondary N) is 2. The number of para-hydroxylation sites is 1. The molecule has 0 radical (unpaired) electrons. The van der Waals surface area contributed by atoms with Crippen molar-refractivity contribution in [2.24, 2.45) is 0 Å². The van der Waals surface area contributed by atoms with E-state index in [1.165, 1.54) is 43.3 Å². The number of rotatable bonds is 5. The first kappa shape index (κ1) is 19.1. The molecule has 0 aliphatic rings. The van der Waals surface area contributed by atoms with Crippen LogP contribution in [0.1, 0.15) is 17.3 Å².